The summed E-state index contributed by atoms with van der Waals surface area (Å²) < 4.78 is 7.44. The molecule has 0 aliphatic carbocycles. The van der Waals surface area contributed by atoms with Crippen molar-refractivity contribution >= 4 is 17.9 Å². The fourth-order valence-corrected chi connectivity index (χ4v) is 2.98. The molecular formula is C20H24N4OS. The Morgan fingerprint density at radius 3 is 2.38 bits per heavy atom. The quantitative estimate of drug-likeness (QED) is 0.605. The van der Waals surface area contributed by atoms with Crippen LogP contribution in [-0.2, 0) is 13.2 Å². The number of anilines is 1. The minimum Gasteiger partial charge on any atom is -0.409 e. The van der Waals surface area contributed by atoms with Gasteiger partial charge in [0, 0.05) is 31.9 Å². The van der Waals surface area contributed by atoms with E-state index in [0.29, 0.717) is 17.4 Å². The highest BCUT2D eigenvalue weighted by Gasteiger charge is 2.11. The Kier molecular flexibility index (Phi) is 5.54. The Balaban J connectivity index is 1.71. The molecule has 0 fully saturated rings. The molecule has 0 atom stereocenters. The van der Waals surface area contributed by atoms with Gasteiger partial charge in [0.2, 0.25) is 5.89 Å². The molecule has 0 saturated heterocycles. The monoisotopic (exact) mass is 368 g/mol. The summed E-state index contributed by atoms with van der Waals surface area (Å²) in [4.78, 5) is 4.64. The molecule has 2 aromatic carbocycles. The number of aryl methyl sites for hydroxylation is 1. The van der Waals surface area contributed by atoms with Gasteiger partial charge in [-0.2, -0.15) is 0 Å². The predicted octanol–water partition coefficient (Wildman–Crippen LogP) is 4.34. The van der Waals surface area contributed by atoms with E-state index in [2.05, 4.69) is 39.2 Å². The van der Waals surface area contributed by atoms with Crippen LogP contribution in [0.1, 0.15) is 11.1 Å². The van der Waals surface area contributed by atoms with Crippen molar-refractivity contribution in [1.29, 1.82) is 0 Å². The molecule has 5 nitrogen and oxygen atoms in total. The number of nitrogens with zero attached hydrogens (tertiary/aromatic N) is 4. The van der Waals surface area contributed by atoms with Gasteiger partial charge in [0.15, 0.2) is 0 Å². The zero-order chi connectivity index (χ0) is 18.7. The Hall–Kier alpha value is -2.44. The van der Waals surface area contributed by atoms with Gasteiger partial charge in [-0.1, -0.05) is 30.3 Å². The van der Waals surface area contributed by atoms with Crippen molar-refractivity contribution < 1.29 is 4.42 Å². The molecule has 1 aromatic heterocycles. The summed E-state index contributed by atoms with van der Waals surface area (Å²) >= 11 is 5.35. The molecule has 6 heteroatoms. The second kappa shape index (κ2) is 7.85. The maximum absolute atomic E-state index is 5.71. The van der Waals surface area contributed by atoms with Gasteiger partial charge in [-0.25, -0.2) is 4.68 Å². The molecule has 136 valence electrons. The van der Waals surface area contributed by atoms with E-state index < -0.39 is 0 Å². The van der Waals surface area contributed by atoms with Gasteiger partial charge in [-0.3, -0.25) is 4.90 Å². The van der Waals surface area contributed by atoms with E-state index in [9.17, 15) is 0 Å². The summed E-state index contributed by atoms with van der Waals surface area (Å²) in [6.45, 7) is 3.42. The Bertz CT molecular complexity index is 927. The Morgan fingerprint density at radius 2 is 1.73 bits per heavy atom. The molecule has 0 unspecified atom stereocenters. The highest BCUT2D eigenvalue weighted by Crippen LogP contribution is 2.21. The first kappa shape index (κ1) is 18.4. The maximum Gasteiger partial charge on any atom is 0.288 e. The van der Waals surface area contributed by atoms with E-state index >= 15 is 0 Å². The van der Waals surface area contributed by atoms with Crippen LogP contribution >= 0.6 is 12.2 Å². The van der Waals surface area contributed by atoms with Crippen molar-refractivity contribution in [3.05, 3.63) is 64.5 Å². The molecule has 3 aromatic rings. The fraction of sp³-hybridized carbons (Fsp3) is 0.300. The zero-order valence-corrected chi connectivity index (χ0v) is 16.5. The largest absolute Gasteiger partial charge is 0.409 e. The van der Waals surface area contributed by atoms with Crippen LogP contribution in [0.15, 0.2) is 52.9 Å². The number of aromatic nitrogens is 2. The first-order valence-electron chi connectivity index (χ1n) is 8.53. The van der Waals surface area contributed by atoms with Crippen molar-refractivity contribution in [2.24, 2.45) is 0 Å². The molecule has 0 aliphatic heterocycles. The Labute approximate surface area is 159 Å². The van der Waals surface area contributed by atoms with Crippen LogP contribution in [0.3, 0.4) is 0 Å². The van der Waals surface area contributed by atoms with Crippen LogP contribution in [-0.4, -0.2) is 35.8 Å². The lowest BCUT2D eigenvalue weighted by atomic mass is 10.1. The van der Waals surface area contributed by atoms with Crippen LogP contribution < -0.4 is 4.90 Å². The van der Waals surface area contributed by atoms with Crippen LogP contribution in [0.2, 0.25) is 0 Å². The third kappa shape index (κ3) is 4.20. The standard InChI is InChI=1S/C20H24N4OS/c1-15-7-5-6-8-18(15)19-21-24(20(26)25-19)14-23(4)13-16-9-11-17(12-10-16)22(2)3/h5-12H,13-14H2,1-4H3. The lowest BCUT2D eigenvalue weighted by Gasteiger charge is -2.17. The molecular weight excluding hydrogens is 344 g/mol. The second-order valence-corrected chi connectivity index (χ2v) is 7.05. The van der Waals surface area contributed by atoms with E-state index in [4.69, 9.17) is 16.6 Å². The SMILES string of the molecule is Cc1ccccc1-c1nn(CN(C)Cc2ccc(N(C)C)cc2)c(=S)o1. The summed E-state index contributed by atoms with van der Waals surface area (Å²) in [6, 6.07) is 16.6. The van der Waals surface area contributed by atoms with Gasteiger partial charge in [0.05, 0.1) is 6.67 Å². The normalized spacial score (nSPS) is 11.1. The minimum atomic E-state index is 0.387. The summed E-state index contributed by atoms with van der Waals surface area (Å²) in [6.07, 6.45) is 0. The van der Waals surface area contributed by atoms with E-state index in [0.717, 1.165) is 17.7 Å². The molecule has 0 saturated carbocycles. The molecule has 0 bridgehead atoms. The molecule has 1 heterocycles. The van der Waals surface area contributed by atoms with Crippen molar-refractivity contribution in [2.75, 3.05) is 26.0 Å². The van der Waals surface area contributed by atoms with Crippen molar-refractivity contribution in [2.45, 2.75) is 20.1 Å². The third-order valence-corrected chi connectivity index (χ3v) is 4.56. The van der Waals surface area contributed by atoms with Gasteiger partial charge in [-0.15, -0.1) is 5.10 Å². The first-order chi connectivity index (χ1) is 12.4. The van der Waals surface area contributed by atoms with Crippen LogP contribution in [0.5, 0.6) is 0 Å². The highest BCUT2D eigenvalue weighted by atomic mass is 32.1. The van der Waals surface area contributed by atoms with E-state index in [-0.39, 0.29) is 0 Å². The van der Waals surface area contributed by atoms with E-state index in [1.54, 1.807) is 4.68 Å². The minimum absolute atomic E-state index is 0.387. The van der Waals surface area contributed by atoms with Gasteiger partial charge in [0.25, 0.3) is 4.84 Å². The van der Waals surface area contributed by atoms with Crippen molar-refractivity contribution in [1.82, 2.24) is 14.7 Å². The fourth-order valence-electron chi connectivity index (χ4n) is 2.81. The molecule has 0 radical (unpaired) electrons. The molecule has 26 heavy (non-hydrogen) atoms. The molecule has 0 amide bonds. The predicted molar refractivity (Wildman–Crippen MR) is 108 cm³/mol. The van der Waals surface area contributed by atoms with E-state index in [1.165, 1.54) is 11.3 Å². The smallest absolute Gasteiger partial charge is 0.288 e. The molecule has 3 rings (SSSR count). The molecule has 0 aliphatic rings. The van der Waals surface area contributed by atoms with Gasteiger partial charge in [0.1, 0.15) is 0 Å². The average Bonchev–Trinajstić information content (AvgIpc) is 2.96. The van der Waals surface area contributed by atoms with Gasteiger partial charge in [-0.05, 0) is 55.5 Å². The average molecular weight is 369 g/mol. The summed E-state index contributed by atoms with van der Waals surface area (Å²) in [5.74, 6) is 0.567. The zero-order valence-electron chi connectivity index (χ0n) is 15.6. The number of benzene rings is 2. The topological polar surface area (TPSA) is 37.4 Å². The van der Waals surface area contributed by atoms with Crippen molar-refractivity contribution in [3.63, 3.8) is 0 Å². The molecule has 0 N–H and O–H groups in total. The first-order valence-corrected chi connectivity index (χ1v) is 8.93. The van der Waals surface area contributed by atoms with Crippen LogP contribution in [0, 0.1) is 11.8 Å². The van der Waals surface area contributed by atoms with E-state index in [1.807, 2.05) is 52.3 Å². The number of hydrogen-bond donors (Lipinski definition) is 0. The van der Waals surface area contributed by atoms with Gasteiger partial charge < -0.3 is 9.32 Å². The van der Waals surface area contributed by atoms with Gasteiger partial charge >= 0.3 is 0 Å². The molecule has 0 spiro atoms. The highest BCUT2D eigenvalue weighted by molar-refractivity contribution is 7.71. The number of rotatable bonds is 6. The maximum atomic E-state index is 5.71. The summed E-state index contributed by atoms with van der Waals surface area (Å²) in [5, 5.41) is 4.56. The van der Waals surface area contributed by atoms with Crippen LogP contribution in [0.25, 0.3) is 11.5 Å². The second-order valence-electron chi connectivity index (χ2n) is 6.70. The number of hydrogen-bond acceptors (Lipinski definition) is 5. The third-order valence-electron chi connectivity index (χ3n) is 4.26. The summed E-state index contributed by atoms with van der Waals surface area (Å²) in [7, 11) is 6.13. The van der Waals surface area contributed by atoms with Crippen molar-refractivity contribution in [3.8, 4) is 11.5 Å². The lowest BCUT2D eigenvalue weighted by molar-refractivity contribution is 0.241. The van der Waals surface area contributed by atoms with Crippen LogP contribution in [0.4, 0.5) is 5.69 Å². The Morgan fingerprint density at radius 1 is 1.04 bits per heavy atom. The summed E-state index contributed by atoms with van der Waals surface area (Å²) in [5.41, 5.74) is 4.52. The lowest BCUT2D eigenvalue weighted by Crippen LogP contribution is -2.22.